The summed E-state index contributed by atoms with van der Waals surface area (Å²) in [6.07, 6.45) is -0.590. The van der Waals surface area contributed by atoms with E-state index in [1.54, 1.807) is 0 Å². The van der Waals surface area contributed by atoms with Gasteiger partial charge in [0.1, 0.15) is 0 Å². The van der Waals surface area contributed by atoms with Gasteiger partial charge in [0.05, 0.1) is 25.3 Å². The normalized spacial score (nSPS) is 14.0. The summed E-state index contributed by atoms with van der Waals surface area (Å²) < 4.78 is 5.46. The predicted molar refractivity (Wildman–Crippen MR) is 116 cm³/mol. The van der Waals surface area contributed by atoms with Crippen molar-refractivity contribution in [1.29, 1.82) is 0 Å². The van der Waals surface area contributed by atoms with Crippen LogP contribution in [-0.4, -0.2) is 43.5 Å². The van der Waals surface area contributed by atoms with E-state index in [1.165, 1.54) is 11.1 Å². The van der Waals surface area contributed by atoms with Crippen molar-refractivity contribution in [3.63, 3.8) is 0 Å². The summed E-state index contributed by atoms with van der Waals surface area (Å²) in [5.41, 5.74) is 2.49. The van der Waals surface area contributed by atoms with Crippen LogP contribution in [0.1, 0.15) is 44.9 Å². The lowest BCUT2D eigenvalue weighted by molar-refractivity contribution is 0.0301. The fraction of sp³-hybridized carbons (Fsp3) is 0.632. The molecule has 0 bridgehead atoms. The molecule has 1 rings (SSSR count). The maximum atomic E-state index is 9.99. The minimum Gasteiger partial charge on any atom is -0.389 e. The average Bonchev–Trinajstić information content (AvgIpc) is 2.52. The van der Waals surface area contributed by atoms with Gasteiger partial charge in [-0.15, -0.1) is 24.0 Å². The Kier molecular flexibility index (Phi) is 12.9. The van der Waals surface area contributed by atoms with Crippen molar-refractivity contribution >= 4 is 29.9 Å². The number of ether oxygens (including phenoxy) is 1. The number of rotatable bonds is 9. The minimum absolute atomic E-state index is 0. The Balaban J connectivity index is 0.00000576. The topological polar surface area (TPSA) is 65.9 Å². The lowest BCUT2D eigenvalue weighted by Crippen LogP contribution is -2.39. The number of benzene rings is 1. The van der Waals surface area contributed by atoms with E-state index in [9.17, 15) is 5.11 Å². The van der Waals surface area contributed by atoms with Gasteiger partial charge in [0.25, 0.3) is 0 Å². The highest BCUT2D eigenvalue weighted by Crippen LogP contribution is 2.16. The van der Waals surface area contributed by atoms with Crippen LogP contribution in [0.3, 0.4) is 0 Å². The summed E-state index contributed by atoms with van der Waals surface area (Å²) in [6, 6.07) is 8.44. The number of aliphatic hydroxyl groups excluding tert-OH is 1. The molecule has 5 nitrogen and oxygen atoms in total. The first kappa shape index (κ1) is 24.1. The summed E-state index contributed by atoms with van der Waals surface area (Å²) >= 11 is 0. The molecule has 1 aromatic carbocycles. The molecule has 2 atom stereocenters. The van der Waals surface area contributed by atoms with E-state index in [-0.39, 0.29) is 30.0 Å². The zero-order valence-corrected chi connectivity index (χ0v) is 18.4. The molecule has 0 radical (unpaired) electrons. The fourth-order valence-electron chi connectivity index (χ4n) is 2.36. The summed E-state index contributed by atoms with van der Waals surface area (Å²) in [7, 11) is 0. The molecule has 1 aromatic rings. The second-order valence-corrected chi connectivity index (χ2v) is 6.53. The minimum atomic E-state index is -0.590. The van der Waals surface area contributed by atoms with Crippen LogP contribution in [0.5, 0.6) is 0 Å². The van der Waals surface area contributed by atoms with Gasteiger partial charge >= 0.3 is 0 Å². The number of nitrogens with zero attached hydrogens (tertiary/aromatic N) is 1. The molecule has 0 aliphatic rings. The summed E-state index contributed by atoms with van der Waals surface area (Å²) in [5, 5.41) is 16.6. The maximum Gasteiger partial charge on any atom is 0.191 e. The van der Waals surface area contributed by atoms with Crippen molar-refractivity contribution in [2.45, 2.75) is 46.8 Å². The zero-order chi connectivity index (χ0) is 17.9. The van der Waals surface area contributed by atoms with Crippen LogP contribution in [0.4, 0.5) is 0 Å². The SMILES string of the molecule is CCNC(=NCC(O)COCC(C)C)NC(C)c1ccccc1C.I. The van der Waals surface area contributed by atoms with Crippen molar-refractivity contribution in [3.8, 4) is 0 Å². The smallest absolute Gasteiger partial charge is 0.191 e. The van der Waals surface area contributed by atoms with Crippen LogP contribution in [0.25, 0.3) is 0 Å². The second-order valence-electron chi connectivity index (χ2n) is 6.53. The van der Waals surface area contributed by atoms with Gasteiger partial charge in [0, 0.05) is 13.2 Å². The lowest BCUT2D eigenvalue weighted by Gasteiger charge is -2.20. The summed E-state index contributed by atoms with van der Waals surface area (Å²) in [5.74, 6) is 1.17. The molecule has 2 unspecified atom stereocenters. The van der Waals surface area contributed by atoms with Gasteiger partial charge in [0.2, 0.25) is 0 Å². The van der Waals surface area contributed by atoms with E-state index in [0.717, 1.165) is 6.54 Å². The van der Waals surface area contributed by atoms with E-state index in [4.69, 9.17) is 4.74 Å². The highest BCUT2D eigenvalue weighted by Gasteiger charge is 2.11. The highest BCUT2D eigenvalue weighted by atomic mass is 127. The molecule has 144 valence electrons. The Morgan fingerprint density at radius 1 is 1.20 bits per heavy atom. The summed E-state index contributed by atoms with van der Waals surface area (Å²) in [4.78, 5) is 4.47. The van der Waals surface area contributed by atoms with Crippen molar-refractivity contribution in [3.05, 3.63) is 35.4 Å². The standard InChI is InChI=1S/C19H33N3O2.HI/c1-6-20-19(21-11-17(23)13-24-12-14(2)3)22-16(5)18-10-8-7-9-15(18)4;/h7-10,14,16-17,23H,6,11-13H2,1-5H3,(H2,20,21,22);1H. The number of nitrogens with one attached hydrogen (secondary N) is 2. The van der Waals surface area contributed by atoms with Gasteiger partial charge in [-0.2, -0.15) is 0 Å². The second kappa shape index (κ2) is 13.4. The van der Waals surface area contributed by atoms with Crippen molar-refractivity contribution in [2.75, 3.05) is 26.3 Å². The Hall–Kier alpha value is -0.860. The molecule has 0 aromatic heterocycles. The van der Waals surface area contributed by atoms with Gasteiger partial charge in [-0.05, 0) is 37.8 Å². The molecule has 0 aliphatic heterocycles. The van der Waals surface area contributed by atoms with Crippen LogP contribution in [0.2, 0.25) is 0 Å². The van der Waals surface area contributed by atoms with Gasteiger partial charge < -0.3 is 20.5 Å². The molecule has 0 saturated carbocycles. The first-order valence-electron chi connectivity index (χ1n) is 8.80. The van der Waals surface area contributed by atoms with E-state index in [0.29, 0.717) is 31.6 Å². The number of guanidine groups is 1. The monoisotopic (exact) mass is 463 g/mol. The first-order chi connectivity index (χ1) is 11.4. The first-order valence-corrected chi connectivity index (χ1v) is 8.80. The predicted octanol–water partition coefficient (Wildman–Crippen LogP) is 3.26. The molecular formula is C19H34IN3O2. The lowest BCUT2D eigenvalue weighted by atomic mass is 10.0. The maximum absolute atomic E-state index is 9.99. The molecule has 0 aliphatic carbocycles. The number of halogens is 1. The molecular weight excluding hydrogens is 429 g/mol. The van der Waals surface area contributed by atoms with Gasteiger partial charge in [-0.3, -0.25) is 4.99 Å². The van der Waals surface area contributed by atoms with Crippen LogP contribution in [0.15, 0.2) is 29.3 Å². The molecule has 0 amide bonds. The quantitative estimate of drug-likeness (QED) is 0.299. The molecule has 0 heterocycles. The van der Waals surface area contributed by atoms with Crippen molar-refractivity contribution in [2.24, 2.45) is 10.9 Å². The molecule has 25 heavy (non-hydrogen) atoms. The van der Waals surface area contributed by atoms with Crippen LogP contribution >= 0.6 is 24.0 Å². The number of aliphatic imine (C=N–C) groups is 1. The third-order valence-corrected chi connectivity index (χ3v) is 3.57. The van der Waals surface area contributed by atoms with E-state index < -0.39 is 6.10 Å². The molecule has 0 saturated heterocycles. The van der Waals surface area contributed by atoms with Gasteiger partial charge in [-0.25, -0.2) is 0 Å². The van der Waals surface area contributed by atoms with Crippen LogP contribution in [-0.2, 0) is 4.74 Å². The zero-order valence-electron chi connectivity index (χ0n) is 16.1. The number of hydrogen-bond donors (Lipinski definition) is 3. The Morgan fingerprint density at radius 3 is 2.48 bits per heavy atom. The largest absolute Gasteiger partial charge is 0.389 e. The third kappa shape index (κ3) is 10.0. The fourth-order valence-corrected chi connectivity index (χ4v) is 2.36. The van der Waals surface area contributed by atoms with E-state index in [1.807, 2.05) is 19.1 Å². The highest BCUT2D eigenvalue weighted by molar-refractivity contribution is 14.0. The van der Waals surface area contributed by atoms with Gasteiger partial charge in [0.15, 0.2) is 5.96 Å². The van der Waals surface area contributed by atoms with Crippen LogP contribution < -0.4 is 10.6 Å². The van der Waals surface area contributed by atoms with Crippen molar-refractivity contribution < 1.29 is 9.84 Å². The number of hydrogen-bond acceptors (Lipinski definition) is 3. The van der Waals surface area contributed by atoms with Gasteiger partial charge in [-0.1, -0.05) is 38.1 Å². The number of aryl methyl sites for hydroxylation is 1. The summed E-state index contributed by atoms with van der Waals surface area (Å²) in [6.45, 7) is 12.5. The molecule has 3 N–H and O–H groups in total. The van der Waals surface area contributed by atoms with E-state index >= 15 is 0 Å². The van der Waals surface area contributed by atoms with E-state index in [2.05, 4.69) is 55.5 Å². The average molecular weight is 463 g/mol. The molecule has 0 spiro atoms. The molecule has 0 fully saturated rings. The van der Waals surface area contributed by atoms with Crippen LogP contribution in [0, 0.1) is 12.8 Å². The molecule has 6 heteroatoms. The number of aliphatic hydroxyl groups is 1. The van der Waals surface area contributed by atoms with Crippen molar-refractivity contribution in [1.82, 2.24) is 10.6 Å². The Labute approximate surface area is 169 Å². The Morgan fingerprint density at radius 2 is 1.88 bits per heavy atom. The third-order valence-electron chi connectivity index (χ3n) is 3.57. The Bertz CT molecular complexity index is 509.